The van der Waals surface area contributed by atoms with Crippen LogP contribution in [-0.2, 0) is 46.8 Å². The van der Waals surface area contributed by atoms with Gasteiger partial charge in [-0.1, -0.05) is 30.3 Å². The molecule has 3 aromatic heterocycles. The second kappa shape index (κ2) is 9.74. The Morgan fingerprint density at radius 2 is 0.784 bits per heavy atom. The Kier molecular flexibility index (Phi) is 6.13. The van der Waals surface area contributed by atoms with Crippen molar-refractivity contribution in [2.45, 2.75) is 25.7 Å². The molecule has 0 fully saturated rings. The van der Waals surface area contributed by atoms with Crippen LogP contribution in [0.1, 0.15) is 22.3 Å². The smallest absolute Gasteiger partial charge is 0.169 e. The molecule has 0 atom stereocenters. The molecule has 0 unspecified atom stereocenters. The maximum atomic E-state index is 2.48. The number of aromatic nitrogens is 3. The molecule has 4 aliphatic rings. The number of pyridine rings is 3. The Balaban J connectivity index is 1.50. The first-order valence-corrected chi connectivity index (χ1v) is 13.2. The Hall–Kier alpha value is -4.11. The molecule has 0 aliphatic heterocycles. The first-order chi connectivity index (χ1) is 18.0. The molecule has 0 saturated heterocycles. The Bertz CT molecular complexity index is 1560. The summed E-state index contributed by atoms with van der Waals surface area (Å²) in [5.41, 5.74) is 13.6. The van der Waals surface area contributed by atoms with Crippen LogP contribution in [0.15, 0.2) is 104 Å². The number of hydrogen-bond acceptors (Lipinski definition) is 0. The molecule has 0 spiro atoms. The molecule has 0 N–H and O–H groups in total. The van der Waals surface area contributed by atoms with Gasteiger partial charge in [-0.3, -0.25) is 0 Å². The fraction of sp³-hybridized carbons (Fsp3) is 0.206. The minimum atomic E-state index is 0.997. The van der Waals surface area contributed by atoms with Gasteiger partial charge in [0.05, 0.1) is 0 Å². The van der Waals surface area contributed by atoms with Gasteiger partial charge in [0.15, 0.2) is 37.2 Å². The number of rotatable bonds is 3. The van der Waals surface area contributed by atoms with E-state index in [1.807, 2.05) is 0 Å². The molecule has 4 bridgehead atoms. The minimum absolute atomic E-state index is 0.997. The van der Waals surface area contributed by atoms with Crippen LogP contribution in [-0.4, -0.2) is 0 Å². The van der Waals surface area contributed by atoms with Gasteiger partial charge in [-0.25, -0.2) is 13.7 Å². The summed E-state index contributed by atoms with van der Waals surface area (Å²) in [5.74, 6) is 0. The Morgan fingerprint density at radius 3 is 1.24 bits per heavy atom. The van der Waals surface area contributed by atoms with E-state index < -0.39 is 0 Å². The topological polar surface area (TPSA) is 11.6 Å². The third-order valence-corrected chi connectivity index (χ3v) is 7.72. The molecular weight excluding hydrogens is 450 g/mol. The van der Waals surface area contributed by atoms with E-state index in [4.69, 9.17) is 0 Å². The minimum Gasteiger partial charge on any atom is -0.208 e. The van der Waals surface area contributed by atoms with Crippen molar-refractivity contribution < 1.29 is 13.7 Å². The summed E-state index contributed by atoms with van der Waals surface area (Å²) in [6, 6.07) is 25.6. The van der Waals surface area contributed by atoms with Crippen LogP contribution < -0.4 is 13.7 Å². The summed E-state index contributed by atoms with van der Waals surface area (Å²) in [6.07, 6.45) is 16.9. The molecule has 0 saturated carbocycles. The lowest BCUT2D eigenvalue weighted by molar-refractivity contribution is -0.671. The zero-order chi connectivity index (χ0) is 25.4. The van der Waals surface area contributed by atoms with Gasteiger partial charge in [0.25, 0.3) is 0 Å². The SMILES string of the molecule is C[n+]1ccc(-c2cc3c(-c4cc[n+](C)cc4)cc2CCc2ccc(c(-c4cc[n+](C)cc4)c2)CC3)cc1. The second-order valence-corrected chi connectivity index (χ2v) is 10.4. The van der Waals surface area contributed by atoms with E-state index in [2.05, 4.69) is 139 Å². The van der Waals surface area contributed by atoms with Gasteiger partial charge in [0.1, 0.15) is 21.1 Å². The van der Waals surface area contributed by atoms with E-state index in [1.54, 1.807) is 0 Å². The molecule has 3 heteroatoms. The molecule has 0 radical (unpaired) electrons. The van der Waals surface area contributed by atoms with Gasteiger partial charge in [-0.15, -0.1) is 0 Å². The van der Waals surface area contributed by atoms with Crippen molar-refractivity contribution in [1.82, 2.24) is 0 Å². The van der Waals surface area contributed by atoms with Crippen molar-refractivity contribution in [3.8, 4) is 33.4 Å². The number of hydrogen-bond donors (Lipinski definition) is 0. The van der Waals surface area contributed by atoms with E-state index in [0.717, 1.165) is 25.7 Å². The molecule has 9 rings (SSSR count). The van der Waals surface area contributed by atoms with Crippen molar-refractivity contribution in [2.75, 3.05) is 0 Å². The molecule has 37 heavy (non-hydrogen) atoms. The molecular formula is C34H34N3+3. The molecule has 182 valence electrons. The Labute approximate surface area is 219 Å². The van der Waals surface area contributed by atoms with Crippen LogP contribution in [0.5, 0.6) is 0 Å². The highest BCUT2D eigenvalue weighted by Gasteiger charge is 2.18. The van der Waals surface area contributed by atoms with E-state index >= 15 is 0 Å². The summed E-state index contributed by atoms with van der Waals surface area (Å²) < 4.78 is 6.31. The summed E-state index contributed by atoms with van der Waals surface area (Å²) in [7, 11) is 6.23. The zero-order valence-corrected chi connectivity index (χ0v) is 22.0. The zero-order valence-electron chi connectivity index (χ0n) is 22.0. The predicted molar refractivity (Wildman–Crippen MR) is 148 cm³/mol. The van der Waals surface area contributed by atoms with Gasteiger partial charge in [-0.05, 0) is 81.3 Å². The predicted octanol–water partition coefficient (Wildman–Crippen LogP) is 5.04. The highest BCUT2D eigenvalue weighted by molar-refractivity contribution is 5.77. The summed E-state index contributed by atoms with van der Waals surface area (Å²) in [6.45, 7) is 0. The summed E-state index contributed by atoms with van der Waals surface area (Å²) in [4.78, 5) is 0. The van der Waals surface area contributed by atoms with E-state index in [-0.39, 0.29) is 0 Å². The van der Waals surface area contributed by atoms with Gasteiger partial charge in [0.2, 0.25) is 0 Å². The van der Waals surface area contributed by atoms with Crippen molar-refractivity contribution >= 4 is 0 Å². The van der Waals surface area contributed by atoms with Crippen LogP contribution in [0.2, 0.25) is 0 Å². The highest BCUT2D eigenvalue weighted by atomic mass is 14.9. The van der Waals surface area contributed by atoms with Crippen LogP contribution in [0, 0.1) is 0 Å². The van der Waals surface area contributed by atoms with Gasteiger partial charge in [-0.2, -0.15) is 0 Å². The Morgan fingerprint density at radius 1 is 0.405 bits per heavy atom. The standard InChI is InChI=1S/C34H34N3/c1-35-16-10-27(11-17-35)32-22-25-4-6-26(32)8-9-31-24-33(28-12-18-36(2)19-13-28)30(7-5-25)23-34(31)29-14-20-37(3)21-15-29/h4,6,10-24H,5,7-9H2,1-3H3/q+3. The molecule has 5 aromatic rings. The van der Waals surface area contributed by atoms with Crippen molar-refractivity contribution in [3.63, 3.8) is 0 Å². The molecule has 3 heterocycles. The summed E-state index contributed by atoms with van der Waals surface area (Å²) >= 11 is 0. The normalized spacial score (nSPS) is 12.8. The van der Waals surface area contributed by atoms with Crippen molar-refractivity contribution in [2.24, 2.45) is 21.1 Å². The highest BCUT2D eigenvalue weighted by Crippen LogP contribution is 2.35. The van der Waals surface area contributed by atoms with E-state index in [0.29, 0.717) is 0 Å². The van der Waals surface area contributed by atoms with Crippen molar-refractivity contribution in [1.29, 1.82) is 0 Å². The fourth-order valence-corrected chi connectivity index (χ4v) is 5.50. The number of benzene rings is 2. The largest absolute Gasteiger partial charge is 0.208 e. The maximum Gasteiger partial charge on any atom is 0.169 e. The average molecular weight is 485 g/mol. The average Bonchev–Trinajstić information content (AvgIpc) is 2.91. The summed E-state index contributed by atoms with van der Waals surface area (Å²) in [5, 5.41) is 0. The number of aryl methyl sites for hydroxylation is 7. The third kappa shape index (κ3) is 4.82. The molecule has 4 aliphatic carbocycles. The fourth-order valence-electron chi connectivity index (χ4n) is 5.50. The van der Waals surface area contributed by atoms with Gasteiger partial charge in [0, 0.05) is 36.4 Å². The van der Waals surface area contributed by atoms with Crippen molar-refractivity contribution in [3.05, 3.63) is 126 Å². The first kappa shape index (κ1) is 23.3. The van der Waals surface area contributed by atoms with Crippen LogP contribution in [0.4, 0.5) is 0 Å². The molecule has 2 aromatic carbocycles. The molecule has 0 amide bonds. The van der Waals surface area contributed by atoms with E-state index in [9.17, 15) is 0 Å². The van der Waals surface area contributed by atoms with E-state index in [1.165, 1.54) is 55.6 Å². The maximum absolute atomic E-state index is 2.48. The van der Waals surface area contributed by atoms with Gasteiger partial charge >= 0.3 is 0 Å². The number of nitrogens with zero attached hydrogens (tertiary/aromatic N) is 3. The van der Waals surface area contributed by atoms with Crippen LogP contribution in [0.25, 0.3) is 33.4 Å². The third-order valence-electron chi connectivity index (χ3n) is 7.72. The van der Waals surface area contributed by atoms with Crippen LogP contribution in [0.3, 0.4) is 0 Å². The lowest BCUT2D eigenvalue weighted by Crippen LogP contribution is -2.25. The lowest BCUT2D eigenvalue weighted by atomic mass is 9.84. The quantitative estimate of drug-likeness (QED) is 0.318. The second-order valence-electron chi connectivity index (χ2n) is 10.4. The van der Waals surface area contributed by atoms with Crippen LogP contribution >= 0.6 is 0 Å². The molecule has 3 nitrogen and oxygen atoms in total. The monoisotopic (exact) mass is 484 g/mol. The lowest BCUT2D eigenvalue weighted by Gasteiger charge is -2.20. The first-order valence-electron chi connectivity index (χ1n) is 13.2. The van der Waals surface area contributed by atoms with Gasteiger partial charge < -0.3 is 0 Å².